The summed E-state index contributed by atoms with van der Waals surface area (Å²) in [6, 6.07) is 7.21. The van der Waals surface area contributed by atoms with Crippen LogP contribution in [0.15, 0.2) is 29.4 Å². The minimum atomic E-state index is 0.690. The summed E-state index contributed by atoms with van der Waals surface area (Å²) in [6.07, 6.45) is 6.78. The molecule has 2 aliphatic heterocycles. The molecular weight excluding hydrogens is 218 g/mol. The number of ether oxygens (including phenoxy) is 2. The minimum Gasteiger partial charge on any atom is -0.497 e. The largest absolute Gasteiger partial charge is 0.497 e. The number of oxime groups is 1. The van der Waals surface area contributed by atoms with Crippen LogP contribution in [0, 0.1) is 0 Å². The summed E-state index contributed by atoms with van der Waals surface area (Å²) in [5.41, 5.74) is 0.841. The number of fused-ring (bicyclic) bond motifs is 1. The van der Waals surface area contributed by atoms with Crippen molar-refractivity contribution in [3.8, 4) is 5.75 Å². The van der Waals surface area contributed by atoms with Crippen molar-refractivity contribution in [2.45, 2.75) is 31.5 Å². The molecule has 4 nitrogen and oxygen atoms in total. The second-order valence-corrected chi connectivity index (χ2v) is 4.21. The molecule has 17 heavy (non-hydrogen) atoms. The van der Waals surface area contributed by atoms with Crippen LogP contribution in [-0.2, 0) is 4.74 Å². The Balaban J connectivity index is 0.000000148. The molecule has 3 aliphatic rings. The van der Waals surface area contributed by atoms with Gasteiger partial charge < -0.3 is 14.7 Å². The summed E-state index contributed by atoms with van der Waals surface area (Å²) in [5, 5.41) is 11.1. The van der Waals surface area contributed by atoms with Crippen molar-refractivity contribution in [3.63, 3.8) is 0 Å². The molecule has 2 atom stereocenters. The molecule has 2 heterocycles. The molecule has 4 rings (SSSR count). The molecule has 1 aromatic rings. The highest BCUT2D eigenvalue weighted by Gasteiger charge is 2.36. The first kappa shape index (κ1) is 11.9. The van der Waals surface area contributed by atoms with Crippen LogP contribution >= 0.6 is 0 Å². The van der Waals surface area contributed by atoms with E-state index in [9.17, 15) is 0 Å². The van der Waals surface area contributed by atoms with Gasteiger partial charge in [0.15, 0.2) is 0 Å². The van der Waals surface area contributed by atoms with Crippen molar-refractivity contribution < 1.29 is 14.7 Å². The van der Waals surface area contributed by atoms with Gasteiger partial charge in [0.1, 0.15) is 5.75 Å². The second-order valence-electron chi connectivity index (χ2n) is 4.21. The number of benzene rings is 1. The first-order valence-electron chi connectivity index (χ1n) is 5.79. The highest BCUT2D eigenvalue weighted by atomic mass is 16.5. The fourth-order valence-electron chi connectivity index (χ4n) is 2.05. The molecule has 2 bridgehead atoms. The average Bonchev–Trinajstić information content (AvgIpc) is 2.95. The van der Waals surface area contributed by atoms with Crippen LogP contribution in [0.3, 0.4) is 0 Å². The minimum absolute atomic E-state index is 0.690. The molecule has 1 N–H and O–H groups in total. The lowest BCUT2D eigenvalue weighted by Gasteiger charge is -2.23. The molecule has 4 heteroatoms. The molecule has 2 unspecified atom stereocenters. The van der Waals surface area contributed by atoms with Crippen LogP contribution in [0.4, 0.5) is 0 Å². The summed E-state index contributed by atoms with van der Waals surface area (Å²) in [6.45, 7) is 0. The average molecular weight is 235 g/mol. The van der Waals surface area contributed by atoms with E-state index in [1.165, 1.54) is 25.5 Å². The van der Waals surface area contributed by atoms with Crippen LogP contribution in [0.2, 0.25) is 0 Å². The Hall–Kier alpha value is -1.55. The Bertz CT molecular complexity index is 355. The maximum absolute atomic E-state index is 8.18. The molecule has 1 aliphatic carbocycles. The standard InChI is InChI=1S/C8H9NO2.C5H8O/c1-11-8-4-2-7(3-5-8)6-9-10;1-2-5-3-4(1)6-5/h2-6,10H,1H3;4-5H,1-3H2. The van der Waals surface area contributed by atoms with Gasteiger partial charge in [0.2, 0.25) is 0 Å². The number of nitrogens with zero attached hydrogens (tertiary/aromatic N) is 1. The Morgan fingerprint density at radius 3 is 2.24 bits per heavy atom. The first-order valence-corrected chi connectivity index (χ1v) is 5.79. The fourth-order valence-corrected chi connectivity index (χ4v) is 2.05. The van der Waals surface area contributed by atoms with Crippen LogP contribution < -0.4 is 4.74 Å². The molecule has 0 aromatic heterocycles. The van der Waals surface area contributed by atoms with E-state index < -0.39 is 0 Å². The van der Waals surface area contributed by atoms with E-state index in [4.69, 9.17) is 14.7 Å². The quantitative estimate of drug-likeness (QED) is 0.486. The molecule has 92 valence electrons. The summed E-state index contributed by atoms with van der Waals surface area (Å²) in [7, 11) is 1.61. The van der Waals surface area contributed by atoms with Gasteiger partial charge in [0.25, 0.3) is 0 Å². The summed E-state index contributed by atoms with van der Waals surface area (Å²) >= 11 is 0. The summed E-state index contributed by atoms with van der Waals surface area (Å²) in [5.74, 6) is 0.792. The first-order chi connectivity index (χ1) is 8.31. The molecule has 0 amide bonds. The van der Waals surface area contributed by atoms with E-state index in [2.05, 4.69) is 5.16 Å². The van der Waals surface area contributed by atoms with Gasteiger partial charge in [-0.3, -0.25) is 0 Å². The van der Waals surface area contributed by atoms with Crippen LogP contribution in [0.25, 0.3) is 0 Å². The van der Waals surface area contributed by atoms with Crippen LogP contribution in [0.1, 0.15) is 24.8 Å². The Labute approximate surface area is 101 Å². The zero-order valence-corrected chi connectivity index (χ0v) is 9.87. The monoisotopic (exact) mass is 235 g/mol. The molecule has 3 fully saturated rings. The SMILES string of the molecule is C1CC2CC1O2.COc1ccc(C=NO)cc1. The third-order valence-electron chi connectivity index (χ3n) is 3.04. The van der Waals surface area contributed by atoms with Crippen molar-refractivity contribution in [1.29, 1.82) is 0 Å². The van der Waals surface area contributed by atoms with Crippen molar-refractivity contribution in [3.05, 3.63) is 29.8 Å². The summed E-state index contributed by atoms with van der Waals surface area (Å²) < 4.78 is 10.2. The topological polar surface area (TPSA) is 51.0 Å². The predicted molar refractivity (Wildman–Crippen MR) is 64.9 cm³/mol. The van der Waals surface area contributed by atoms with Gasteiger partial charge >= 0.3 is 0 Å². The number of hydrogen-bond acceptors (Lipinski definition) is 4. The van der Waals surface area contributed by atoms with Crippen LogP contribution in [0.5, 0.6) is 5.75 Å². The van der Waals surface area contributed by atoms with Crippen LogP contribution in [-0.4, -0.2) is 30.7 Å². The molecule has 1 aromatic carbocycles. The van der Waals surface area contributed by atoms with Crippen molar-refractivity contribution in [1.82, 2.24) is 0 Å². The van der Waals surface area contributed by atoms with E-state index in [0.717, 1.165) is 11.3 Å². The van der Waals surface area contributed by atoms with Crippen molar-refractivity contribution >= 4 is 6.21 Å². The summed E-state index contributed by atoms with van der Waals surface area (Å²) in [4.78, 5) is 0. The lowest BCUT2D eigenvalue weighted by atomic mass is 10.2. The van der Waals surface area contributed by atoms with Gasteiger partial charge in [-0.2, -0.15) is 0 Å². The third kappa shape index (κ3) is 3.20. The number of methoxy groups -OCH3 is 1. The number of rotatable bonds is 2. The van der Waals surface area contributed by atoms with E-state index in [-0.39, 0.29) is 0 Å². The van der Waals surface area contributed by atoms with E-state index in [1.54, 1.807) is 31.4 Å². The highest BCUT2D eigenvalue weighted by molar-refractivity contribution is 5.79. The second kappa shape index (κ2) is 5.68. The van der Waals surface area contributed by atoms with Gasteiger partial charge in [-0.1, -0.05) is 5.16 Å². The predicted octanol–water partition coefficient (Wildman–Crippen LogP) is 2.44. The van der Waals surface area contributed by atoms with E-state index in [1.807, 2.05) is 0 Å². The van der Waals surface area contributed by atoms with Gasteiger partial charge in [-0.05, 0) is 49.1 Å². The lowest BCUT2D eigenvalue weighted by molar-refractivity contribution is -0.0647. The molecular formula is C13H17NO3. The maximum Gasteiger partial charge on any atom is 0.118 e. The molecule has 1 saturated carbocycles. The highest BCUT2D eigenvalue weighted by Crippen LogP contribution is 2.36. The van der Waals surface area contributed by atoms with E-state index in [0.29, 0.717) is 12.2 Å². The fraction of sp³-hybridized carbons (Fsp3) is 0.462. The molecule has 2 saturated heterocycles. The molecule has 0 radical (unpaired) electrons. The molecule has 0 spiro atoms. The Morgan fingerprint density at radius 2 is 1.88 bits per heavy atom. The zero-order chi connectivity index (χ0) is 12.1. The normalized spacial score (nSPS) is 25.0. The van der Waals surface area contributed by atoms with Crippen molar-refractivity contribution in [2.24, 2.45) is 5.16 Å². The Morgan fingerprint density at radius 1 is 1.29 bits per heavy atom. The Kier molecular flexibility index (Phi) is 3.98. The third-order valence-corrected chi connectivity index (χ3v) is 3.04. The smallest absolute Gasteiger partial charge is 0.118 e. The van der Waals surface area contributed by atoms with E-state index >= 15 is 0 Å². The number of hydrogen-bond donors (Lipinski definition) is 1. The lowest BCUT2D eigenvalue weighted by Crippen LogP contribution is -2.25. The maximum atomic E-state index is 8.18. The van der Waals surface area contributed by atoms with Gasteiger partial charge in [0, 0.05) is 0 Å². The van der Waals surface area contributed by atoms with Gasteiger partial charge in [-0.15, -0.1) is 0 Å². The van der Waals surface area contributed by atoms with Gasteiger partial charge in [0.05, 0.1) is 25.5 Å². The zero-order valence-electron chi connectivity index (χ0n) is 9.87. The van der Waals surface area contributed by atoms with Crippen molar-refractivity contribution in [2.75, 3.05) is 7.11 Å². The van der Waals surface area contributed by atoms with Gasteiger partial charge in [-0.25, -0.2) is 0 Å².